The van der Waals surface area contributed by atoms with E-state index < -0.39 is 0 Å². The molecular formula is C15H19ClN2S. The minimum Gasteiger partial charge on any atom is -0.326 e. The van der Waals surface area contributed by atoms with Crippen LogP contribution in [0.2, 0.25) is 0 Å². The minimum absolute atomic E-state index is 0.0425. The number of hydrogen-bond acceptors (Lipinski definition) is 2. The maximum absolute atomic E-state index is 6.31. The van der Waals surface area contributed by atoms with E-state index in [9.17, 15) is 0 Å². The number of rotatable bonds is 3. The zero-order valence-electron chi connectivity index (χ0n) is 11.4. The van der Waals surface area contributed by atoms with E-state index in [1.807, 2.05) is 6.92 Å². The number of halogens is 1. The molecule has 2 nitrogen and oxygen atoms in total. The number of nitrogens with zero attached hydrogens (tertiary/aromatic N) is 2. The molecule has 2 heterocycles. The minimum atomic E-state index is -0.0425. The number of alkyl halides is 1. The van der Waals surface area contributed by atoms with Gasteiger partial charge in [0.1, 0.15) is 5.82 Å². The topological polar surface area (TPSA) is 17.8 Å². The van der Waals surface area contributed by atoms with E-state index in [4.69, 9.17) is 16.6 Å². The molecule has 102 valence electrons. The van der Waals surface area contributed by atoms with Gasteiger partial charge >= 0.3 is 0 Å². The predicted molar refractivity (Wildman–Crippen MR) is 84.2 cm³/mol. The maximum Gasteiger partial charge on any atom is 0.127 e. The highest BCUT2D eigenvalue weighted by Crippen LogP contribution is 2.31. The van der Waals surface area contributed by atoms with E-state index in [1.165, 1.54) is 29.7 Å². The lowest BCUT2D eigenvalue weighted by molar-refractivity contribution is 0.623. The van der Waals surface area contributed by atoms with Gasteiger partial charge < -0.3 is 4.57 Å². The number of fused-ring (bicyclic) bond motifs is 1. The van der Waals surface area contributed by atoms with Gasteiger partial charge in [-0.3, -0.25) is 0 Å². The van der Waals surface area contributed by atoms with Crippen LogP contribution in [0.4, 0.5) is 0 Å². The largest absolute Gasteiger partial charge is 0.326 e. The lowest BCUT2D eigenvalue weighted by Crippen LogP contribution is -2.13. The molecule has 0 bridgehead atoms. The van der Waals surface area contributed by atoms with Crippen molar-refractivity contribution in [3.05, 3.63) is 29.6 Å². The second-order valence-corrected chi connectivity index (χ2v) is 7.39. The van der Waals surface area contributed by atoms with Crippen molar-refractivity contribution in [2.24, 2.45) is 0 Å². The van der Waals surface area contributed by atoms with Crippen LogP contribution < -0.4 is 0 Å². The molecule has 0 saturated carbocycles. The highest BCUT2D eigenvalue weighted by atomic mass is 35.5. The smallest absolute Gasteiger partial charge is 0.127 e. The summed E-state index contributed by atoms with van der Waals surface area (Å²) in [6.45, 7) is 5.15. The number of aromatic nitrogens is 2. The van der Waals surface area contributed by atoms with Gasteiger partial charge in [-0.05, 0) is 50.1 Å². The van der Waals surface area contributed by atoms with Crippen molar-refractivity contribution in [3.63, 3.8) is 0 Å². The predicted octanol–water partition coefficient (Wildman–Crippen LogP) is 4.54. The average molecular weight is 295 g/mol. The zero-order valence-corrected chi connectivity index (χ0v) is 13.0. The molecule has 1 fully saturated rings. The molecule has 4 heteroatoms. The first-order valence-electron chi connectivity index (χ1n) is 6.87. The van der Waals surface area contributed by atoms with Crippen LogP contribution in [0.25, 0.3) is 11.0 Å². The standard InChI is InChI=1S/C15H19ClN2S/c1-10-5-6-14-13(8-10)17-15(11(2)16)18(14)9-12-4-3-7-19-12/h5-6,8,11-12H,3-4,7,9H2,1-2H3. The molecule has 19 heavy (non-hydrogen) atoms. The maximum atomic E-state index is 6.31. The lowest BCUT2D eigenvalue weighted by atomic mass is 10.2. The first-order chi connectivity index (χ1) is 9.15. The fourth-order valence-electron chi connectivity index (χ4n) is 2.75. The summed E-state index contributed by atoms with van der Waals surface area (Å²) in [7, 11) is 0. The van der Waals surface area contributed by atoms with Crippen LogP contribution in [0.1, 0.15) is 36.5 Å². The lowest BCUT2D eigenvalue weighted by Gasteiger charge is -2.14. The number of aryl methyl sites for hydroxylation is 1. The highest BCUT2D eigenvalue weighted by Gasteiger charge is 2.21. The van der Waals surface area contributed by atoms with Gasteiger partial charge in [0.2, 0.25) is 0 Å². The molecule has 0 spiro atoms. The van der Waals surface area contributed by atoms with Crippen molar-refractivity contribution >= 4 is 34.4 Å². The van der Waals surface area contributed by atoms with Gasteiger partial charge in [0, 0.05) is 11.8 Å². The first-order valence-corrected chi connectivity index (χ1v) is 8.36. The molecule has 1 aliphatic heterocycles. The van der Waals surface area contributed by atoms with Crippen LogP contribution in [0.5, 0.6) is 0 Å². The van der Waals surface area contributed by atoms with E-state index in [1.54, 1.807) is 0 Å². The van der Waals surface area contributed by atoms with Gasteiger partial charge in [-0.1, -0.05) is 6.07 Å². The summed E-state index contributed by atoms with van der Waals surface area (Å²) in [5.74, 6) is 2.30. The fourth-order valence-corrected chi connectivity index (χ4v) is 4.17. The summed E-state index contributed by atoms with van der Waals surface area (Å²) in [6.07, 6.45) is 2.65. The average Bonchev–Trinajstić information content (AvgIpc) is 2.97. The Morgan fingerprint density at radius 1 is 1.53 bits per heavy atom. The summed E-state index contributed by atoms with van der Waals surface area (Å²) >= 11 is 8.40. The normalized spacial score (nSPS) is 21.1. The molecule has 1 aromatic heterocycles. The van der Waals surface area contributed by atoms with Gasteiger partial charge in [0.25, 0.3) is 0 Å². The Morgan fingerprint density at radius 3 is 3.05 bits per heavy atom. The Bertz CT molecular complexity index is 585. The third-order valence-corrected chi connectivity index (χ3v) is 5.27. The zero-order chi connectivity index (χ0) is 13.4. The van der Waals surface area contributed by atoms with Crippen molar-refractivity contribution in [3.8, 4) is 0 Å². The summed E-state index contributed by atoms with van der Waals surface area (Å²) in [6, 6.07) is 6.49. The third kappa shape index (κ3) is 2.63. The molecule has 3 rings (SSSR count). The van der Waals surface area contributed by atoms with Gasteiger partial charge in [-0.15, -0.1) is 11.6 Å². The molecule has 1 saturated heterocycles. The van der Waals surface area contributed by atoms with Crippen molar-refractivity contribution in [2.45, 2.75) is 43.9 Å². The number of hydrogen-bond donors (Lipinski definition) is 0. The molecule has 0 aliphatic carbocycles. The summed E-state index contributed by atoms with van der Waals surface area (Å²) < 4.78 is 2.33. The van der Waals surface area contributed by atoms with E-state index >= 15 is 0 Å². The molecule has 2 aromatic rings. The molecule has 0 N–H and O–H groups in total. The van der Waals surface area contributed by atoms with Crippen LogP contribution in [-0.4, -0.2) is 20.6 Å². The molecule has 1 aromatic carbocycles. The summed E-state index contributed by atoms with van der Waals surface area (Å²) in [5, 5.41) is 0.673. The van der Waals surface area contributed by atoms with Crippen LogP contribution >= 0.6 is 23.4 Å². The van der Waals surface area contributed by atoms with Crippen molar-refractivity contribution in [2.75, 3.05) is 5.75 Å². The van der Waals surface area contributed by atoms with Gasteiger partial charge in [0.05, 0.1) is 16.4 Å². The van der Waals surface area contributed by atoms with E-state index in [0.717, 1.165) is 17.9 Å². The Labute approximate surface area is 123 Å². The number of benzene rings is 1. The molecule has 1 aliphatic rings. The van der Waals surface area contributed by atoms with Crippen LogP contribution in [-0.2, 0) is 6.54 Å². The number of imidazole rings is 1. The van der Waals surface area contributed by atoms with E-state index in [0.29, 0.717) is 5.25 Å². The monoisotopic (exact) mass is 294 g/mol. The Kier molecular flexibility index (Phi) is 3.77. The Morgan fingerprint density at radius 2 is 2.37 bits per heavy atom. The van der Waals surface area contributed by atoms with Crippen molar-refractivity contribution in [1.82, 2.24) is 9.55 Å². The van der Waals surface area contributed by atoms with E-state index in [-0.39, 0.29) is 5.38 Å². The summed E-state index contributed by atoms with van der Waals surface area (Å²) in [5.41, 5.74) is 3.55. The van der Waals surface area contributed by atoms with Crippen molar-refractivity contribution < 1.29 is 0 Å². The Balaban J connectivity index is 2.05. The molecule has 2 unspecified atom stereocenters. The third-order valence-electron chi connectivity index (χ3n) is 3.70. The van der Waals surface area contributed by atoms with Crippen LogP contribution in [0.3, 0.4) is 0 Å². The van der Waals surface area contributed by atoms with E-state index in [2.05, 4.69) is 41.5 Å². The SMILES string of the molecule is Cc1ccc2c(c1)nc(C(C)Cl)n2CC1CCCS1. The second-order valence-electron chi connectivity index (χ2n) is 5.32. The summed E-state index contributed by atoms with van der Waals surface area (Å²) in [4.78, 5) is 4.74. The highest BCUT2D eigenvalue weighted by molar-refractivity contribution is 8.00. The van der Waals surface area contributed by atoms with Crippen LogP contribution in [0.15, 0.2) is 18.2 Å². The number of thioether (sulfide) groups is 1. The Hall–Kier alpha value is -0.670. The van der Waals surface area contributed by atoms with Gasteiger partial charge in [-0.2, -0.15) is 11.8 Å². The first kappa shape index (κ1) is 13.3. The molecule has 0 radical (unpaired) electrons. The van der Waals surface area contributed by atoms with Gasteiger partial charge in [0.15, 0.2) is 0 Å². The molecular weight excluding hydrogens is 276 g/mol. The molecule has 2 atom stereocenters. The quantitative estimate of drug-likeness (QED) is 0.774. The van der Waals surface area contributed by atoms with Gasteiger partial charge in [-0.25, -0.2) is 4.98 Å². The van der Waals surface area contributed by atoms with Crippen LogP contribution in [0, 0.1) is 6.92 Å². The second kappa shape index (κ2) is 5.37. The fraction of sp³-hybridized carbons (Fsp3) is 0.533. The van der Waals surface area contributed by atoms with Crippen molar-refractivity contribution in [1.29, 1.82) is 0 Å². The molecule has 0 amide bonds.